The quantitative estimate of drug-likeness (QED) is 0.917. The highest BCUT2D eigenvalue weighted by Gasteiger charge is 2.19. The van der Waals surface area contributed by atoms with E-state index >= 15 is 0 Å². The van der Waals surface area contributed by atoms with Gasteiger partial charge in [-0.2, -0.15) is 5.10 Å². The first kappa shape index (κ1) is 12.4. The molecule has 3 nitrogen and oxygen atoms in total. The summed E-state index contributed by atoms with van der Waals surface area (Å²) in [5.74, 6) is 0.476. The van der Waals surface area contributed by atoms with Crippen molar-refractivity contribution in [2.24, 2.45) is 13.0 Å². The predicted octanol–water partition coefficient (Wildman–Crippen LogP) is 2.38. The minimum atomic E-state index is -0.200. The lowest BCUT2D eigenvalue weighted by Gasteiger charge is -2.11. The highest BCUT2D eigenvalue weighted by atomic mass is 19.1. The van der Waals surface area contributed by atoms with Crippen molar-refractivity contribution in [2.75, 3.05) is 13.1 Å². The van der Waals surface area contributed by atoms with E-state index in [1.54, 1.807) is 0 Å². The minimum absolute atomic E-state index is 0.200. The maximum Gasteiger partial charge on any atom is 0.123 e. The second kappa shape index (κ2) is 5.13. The smallest absolute Gasteiger partial charge is 0.123 e. The van der Waals surface area contributed by atoms with Crippen LogP contribution in [0, 0.1) is 11.7 Å². The Bertz CT molecular complexity index is 553. The molecule has 1 aliphatic heterocycles. The summed E-state index contributed by atoms with van der Waals surface area (Å²) in [6.07, 6.45) is 4.12. The van der Waals surface area contributed by atoms with Gasteiger partial charge in [-0.25, -0.2) is 4.39 Å². The molecule has 100 valence electrons. The van der Waals surface area contributed by atoms with Crippen molar-refractivity contribution in [3.63, 3.8) is 0 Å². The molecule has 0 aliphatic carbocycles. The molecule has 2 heterocycles. The molecule has 1 aromatic heterocycles. The van der Waals surface area contributed by atoms with Crippen LogP contribution < -0.4 is 5.32 Å². The lowest BCUT2D eigenvalue weighted by Crippen LogP contribution is -2.13. The first-order valence-electron chi connectivity index (χ1n) is 6.71. The van der Waals surface area contributed by atoms with Gasteiger partial charge in [-0.1, -0.05) is 12.1 Å². The van der Waals surface area contributed by atoms with E-state index < -0.39 is 0 Å². The van der Waals surface area contributed by atoms with Crippen molar-refractivity contribution in [1.82, 2.24) is 15.1 Å². The molecule has 1 N–H and O–H groups in total. The second-order valence-corrected chi connectivity index (χ2v) is 5.20. The number of halogens is 1. The number of hydrogen-bond donors (Lipinski definition) is 1. The molecule has 1 aliphatic rings. The molecule has 4 heteroatoms. The predicted molar refractivity (Wildman–Crippen MR) is 73.3 cm³/mol. The molecule has 1 saturated heterocycles. The lowest BCUT2D eigenvalue weighted by molar-refractivity contribution is 0.549. The first-order valence-corrected chi connectivity index (χ1v) is 6.71. The number of nitrogens with one attached hydrogen (secondary N) is 1. The molecule has 0 amide bonds. The van der Waals surface area contributed by atoms with Crippen molar-refractivity contribution in [3.05, 3.63) is 42.0 Å². The van der Waals surface area contributed by atoms with Crippen molar-refractivity contribution >= 4 is 0 Å². The van der Waals surface area contributed by atoms with Gasteiger partial charge in [0.15, 0.2) is 0 Å². The molecule has 1 aromatic carbocycles. The van der Waals surface area contributed by atoms with Gasteiger partial charge in [0.2, 0.25) is 0 Å². The molecule has 3 rings (SSSR count). The Kier molecular flexibility index (Phi) is 3.34. The number of benzene rings is 1. The summed E-state index contributed by atoms with van der Waals surface area (Å²) in [6.45, 7) is 2.18. The van der Waals surface area contributed by atoms with Gasteiger partial charge >= 0.3 is 0 Å². The normalized spacial score (nSPS) is 18.9. The Morgan fingerprint density at radius 3 is 2.84 bits per heavy atom. The Morgan fingerprint density at radius 2 is 2.16 bits per heavy atom. The molecule has 1 unspecified atom stereocenters. The van der Waals surface area contributed by atoms with E-state index in [9.17, 15) is 4.39 Å². The maximum absolute atomic E-state index is 13.0. The monoisotopic (exact) mass is 259 g/mol. The lowest BCUT2D eigenvalue weighted by atomic mass is 9.97. The molecule has 0 radical (unpaired) electrons. The second-order valence-electron chi connectivity index (χ2n) is 5.20. The number of nitrogens with zero attached hydrogens (tertiary/aromatic N) is 2. The molecule has 0 bridgehead atoms. The van der Waals surface area contributed by atoms with Crippen molar-refractivity contribution in [2.45, 2.75) is 12.8 Å². The molecule has 19 heavy (non-hydrogen) atoms. The van der Waals surface area contributed by atoms with E-state index in [0.29, 0.717) is 5.92 Å². The zero-order chi connectivity index (χ0) is 13.2. The Hall–Kier alpha value is -1.68. The summed E-state index contributed by atoms with van der Waals surface area (Å²) < 4.78 is 14.9. The Balaban J connectivity index is 1.91. The Morgan fingerprint density at radius 1 is 1.37 bits per heavy atom. The van der Waals surface area contributed by atoms with Gasteiger partial charge < -0.3 is 5.32 Å². The molecule has 1 fully saturated rings. The van der Waals surface area contributed by atoms with E-state index in [1.165, 1.54) is 24.2 Å². The topological polar surface area (TPSA) is 29.9 Å². The van der Waals surface area contributed by atoms with Crippen molar-refractivity contribution < 1.29 is 4.39 Å². The van der Waals surface area contributed by atoms with E-state index in [4.69, 9.17) is 0 Å². The molecule has 1 atom stereocenters. The fourth-order valence-electron chi connectivity index (χ4n) is 2.74. The van der Waals surface area contributed by atoms with Gasteiger partial charge in [0, 0.05) is 18.3 Å². The van der Waals surface area contributed by atoms with Crippen LogP contribution in [0.1, 0.15) is 12.1 Å². The molecular formula is C15H18FN3. The number of aromatic nitrogens is 2. The van der Waals surface area contributed by atoms with Crippen LogP contribution in [0.15, 0.2) is 30.5 Å². The number of hydrogen-bond acceptors (Lipinski definition) is 2. The third-order valence-corrected chi connectivity index (χ3v) is 3.86. The van der Waals surface area contributed by atoms with Crippen LogP contribution >= 0.6 is 0 Å². The van der Waals surface area contributed by atoms with Gasteiger partial charge in [0.1, 0.15) is 5.82 Å². The van der Waals surface area contributed by atoms with Gasteiger partial charge in [-0.15, -0.1) is 0 Å². The highest BCUT2D eigenvalue weighted by Crippen LogP contribution is 2.26. The zero-order valence-corrected chi connectivity index (χ0v) is 11.1. The van der Waals surface area contributed by atoms with Gasteiger partial charge in [0.25, 0.3) is 0 Å². The molecule has 0 saturated carbocycles. The summed E-state index contributed by atoms with van der Waals surface area (Å²) in [5, 5.41) is 7.75. The largest absolute Gasteiger partial charge is 0.316 e. The summed E-state index contributed by atoms with van der Waals surface area (Å²) in [5.41, 5.74) is 3.39. The van der Waals surface area contributed by atoms with Crippen molar-refractivity contribution in [1.29, 1.82) is 0 Å². The standard InChI is InChI=1S/C15H18FN3/c1-19-15(8-11-6-7-17-9-11)14(10-18-19)12-2-4-13(16)5-3-12/h2-5,10-11,17H,6-9H2,1H3. The molecule has 0 spiro atoms. The summed E-state index contributed by atoms with van der Waals surface area (Å²) in [6, 6.07) is 6.65. The van der Waals surface area contributed by atoms with Gasteiger partial charge in [-0.3, -0.25) is 4.68 Å². The van der Waals surface area contributed by atoms with Crippen LogP contribution in [0.4, 0.5) is 4.39 Å². The third-order valence-electron chi connectivity index (χ3n) is 3.86. The van der Waals surface area contributed by atoms with Crippen LogP contribution in [0.2, 0.25) is 0 Å². The first-order chi connectivity index (χ1) is 9.24. The Labute approximate surface area is 112 Å². The third kappa shape index (κ3) is 2.54. The molecule has 2 aromatic rings. The SMILES string of the molecule is Cn1ncc(-c2ccc(F)cc2)c1CC1CCNC1. The van der Waals surface area contributed by atoms with Crippen LogP contribution in [-0.4, -0.2) is 22.9 Å². The fourth-order valence-corrected chi connectivity index (χ4v) is 2.74. The maximum atomic E-state index is 13.0. The average molecular weight is 259 g/mol. The van der Waals surface area contributed by atoms with Crippen LogP contribution in [0.5, 0.6) is 0 Å². The van der Waals surface area contributed by atoms with Gasteiger partial charge in [0.05, 0.1) is 6.20 Å². The van der Waals surface area contributed by atoms with Crippen LogP contribution in [-0.2, 0) is 13.5 Å². The van der Waals surface area contributed by atoms with Crippen LogP contribution in [0.25, 0.3) is 11.1 Å². The number of aryl methyl sites for hydroxylation is 1. The number of rotatable bonds is 3. The highest BCUT2D eigenvalue weighted by molar-refractivity contribution is 5.65. The van der Waals surface area contributed by atoms with Gasteiger partial charge in [-0.05, 0) is 49.5 Å². The molecular weight excluding hydrogens is 241 g/mol. The minimum Gasteiger partial charge on any atom is -0.316 e. The van der Waals surface area contributed by atoms with Crippen LogP contribution in [0.3, 0.4) is 0 Å². The zero-order valence-electron chi connectivity index (χ0n) is 11.1. The van der Waals surface area contributed by atoms with E-state index in [-0.39, 0.29) is 5.82 Å². The fraction of sp³-hybridized carbons (Fsp3) is 0.400. The summed E-state index contributed by atoms with van der Waals surface area (Å²) in [4.78, 5) is 0. The van der Waals surface area contributed by atoms with E-state index in [2.05, 4.69) is 10.4 Å². The summed E-state index contributed by atoms with van der Waals surface area (Å²) in [7, 11) is 1.98. The van der Waals surface area contributed by atoms with E-state index in [1.807, 2.05) is 30.1 Å². The summed E-state index contributed by atoms with van der Waals surface area (Å²) >= 11 is 0. The average Bonchev–Trinajstić information content (AvgIpc) is 3.03. The van der Waals surface area contributed by atoms with E-state index in [0.717, 1.165) is 30.6 Å². The van der Waals surface area contributed by atoms with Crippen molar-refractivity contribution in [3.8, 4) is 11.1 Å².